The second kappa shape index (κ2) is 8.80. The fourth-order valence-electron chi connectivity index (χ4n) is 3.08. The summed E-state index contributed by atoms with van der Waals surface area (Å²) in [6, 6.07) is 4.66. The van der Waals surface area contributed by atoms with Gasteiger partial charge >= 0.3 is 6.18 Å². The Hall–Kier alpha value is -2.98. The molecule has 3 aromatic rings. The van der Waals surface area contributed by atoms with Crippen LogP contribution in [0.2, 0.25) is 0 Å². The molecule has 3 N–H and O–H groups in total. The number of nitrogens with one attached hydrogen (secondary N) is 1. The van der Waals surface area contributed by atoms with Gasteiger partial charge in [-0.15, -0.1) is 0 Å². The first-order chi connectivity index (χ1) is 14.2. The lowest BCUT2D eigenvalue weighted by Gasteiger charge is -2.10. The smallest absolute Gasteiger partial charge is 0.394 e. The molecule has 3 rings (SSSR count). The highest BCUT2D eigenvalue weighted by atomic mass is 19.4. The Kier molecular flexibility index (Phi) is 6.37. The van der Waals surface area contributed by atoms with E-state index in [1.165, 1.54) is 18.3 Å². The van der Waals surface area contributed by atoms with Gasteiger partial charge in [-0.3, -0.25) is 9.67 Å². The number of hydrogen-bond donors (Lipinski definition) is 3. The predicted molar refractivity (Wildman–Crippen MR) is 105 cm³/mol. The maximum atomic E-state index is 12.7. The molecule has 7 nitrogen and oxygen atoms in total. The maximum absolute atomic E-state index is 12.7. The molecule has 1 aromatic carbocycles. The number of rotatable bonds is 7. The number of halogens is 3. The van der Waals surface area contributed by atoms with E-state index >= 15 is 0 Å². The van der Waals surface area contributed by atoms with Gasteiger partial charge in [0.2, 0.25) is 0 Å². The Morgan fingerprint density at radius 2 is 1.83 bits per heavy atom. The van der Waals surface area contributed by atoms with Gasteiger partial charge in [-0.2, -0.15) is 18.3 Å². The van der Waals surface area contributed by atoms with Gasteiger partial charge in [0, 0.05) is 23.5 Å². The Balaban J connectivity index is 1.81. The van der Waals surface area contributed by atoms with E-state index < -0.39 is 17.8 Å². The van der Waals surface area contributed by atoms with E-state index in [-0.39, 0.29) is 6.61 Å². The van der Waals surface area contributed by atoms with Gasteiger partial charge < -0.3 is 15.5 Å². The number of aryl methyl sites for hydroxylation is 2. The van der Waals surface area contributed by atoms with Gasteiger partial charge in [-0.1, -0.05) is 0 Å². The zero-order valence-electron chi connectivity index (χ0n) is 16.5. The molecule has 0 radical (unpaired) electrons. The van der Waals surface area contributed by atoms with Crippen LogP contribution in [-0.4, -0.2) is 42.7 Å². The predicted octanol–water partition coefficient (Wildman–Crippen LogP) is 3.46. The SMILES string of the molecule is Cc1nn(CC[C@H](O)CO)c(C)c1-c1cncc(Nc2ccc(C(F)(F)F)cc2)n1. The Labute approximate surface area is 171 Å². The molecular weight excluding hydrogens is 399 g/mol. The van der Waals surface area contributed by atoms with Crippen molar-refractivity contribution in [3.05, 3.63) is 53.6 Å². The van der Waals surface area contributed by atoms with E-state index in [1.807, 2.05) is 13.8 Å². The minimum atomic E-state index is -4.39. The quantitative estimate of drug-likeness (QED) is 0.541. The highest BCUT2D eigenvalue weighted by Crippen LogP contribution is 2.31. The number of hydrogen-bond acceptors (Lipinski definition) is 6. The molecule has 2 heterocycles. The summed E-state index contributed by atoms with van der Waals surface area (Å²) in [6.45, 7) is 3.83. The second-order valence-electron chi connectivity index (χ2n) is 6.88. The minimum absolute atomic E-state index is 0.310. The van der Waals surface area contributed by atoms with Gasteiger partial charge in [0.1, 0.15) is 5.82 Å². The van der Waals surface area contributed by atoms with Gasteiger partial charge in [0.15, 0.2) is 0 Å². The van der Waals surface area contributed by atoms with Crippen LogP contribution in [0.4, 0.5) is 24.7 Å². The Morgan fingerprint density at radius 3 is 2.47 bits per heavy atom. The third-order valence-corrected chi connectivity index (χ3v) is 4.64. The molecule has 0 unspecified atom stereocenters. The van der Waals surface area contributed by atoms with Crippen LogP contribution in [0.3, 0.4) is 0 Å². The summed E-state index contributed by atoms with van der Waals surface area (Å²) in [7, 11) is 0. The molecule has 160 valence electrons. The molecule has 10 heteroatoms. The van der Waals surface area contributed by atoms with Crippen molar-refractivity contribution >= 4 is 11.5 Å². The van der Waals surface area contributed by atoms with Crippen molar-refractivity contribution < 1.29 is 23.4 Å². The van der Waals surface area contributed by atoms with Crippen LogP contribution in [0, 0.1) is 13.8 Å². The zero-order valence-corrected chi connectivity index (χ0v) is 16.5. The third kappa shape index (κ3) is 4.95. The highest BCUT2D eigenvalue weighted by molar-refractivity contribution is 5.66. The number of aliphatic hydroxyl groups excluding tert-OH is 2. The highest BCUT2D eigenvalue weighted by Gasteiger charge is 2.29. The number of aromatic nitrogens is 4. The van der Waals surface area contributed by atoms with Crippen molar-refractivity contribution in [2.75, 3.05) is 11.9 Å². The van der Waals surface area contributed by atoms with E-state index in [0.717, 1.165) is 29.1 Å². The van der Waals surface area contributed by atoms with Gasteiger partial charge in [-0.05, 0) is 44.5 Å². The minimum Gasteiger partial charge on any atom is -0.394 e. The number of nitrogens with zero attached hydrogens (tertiary/aromatic N) is 4. The van der Waals surface area contributed by atoms with E-state index in [2.05, 4.69) is 20.4 Å². The van der Waals surface area contributed by atoms with E-state index in [4.69, 9.17) is 5.11 Å². The number of anilines is 2. The van der Waals surface area contributed by atoms with Crippen molar-refractivity contribution in [2.24, 2.45) is 0 Å². The van der Waals surface area contributed by atoms with Crippen molar-refractivity contribution in [1.82, 2.24) is 19.7 Å². The van der Waals surface area contributed by atoms with Gasteiger partial charge in [0.25, 0.3) is 0 Å². The summed E-state index contributed by atoms with van der Waals surface area (Å²) in [5, 5.41) is 25.9. The lowest BCUT2D eigenvalue weighted by Crippen LogP contribution is -2.16. The van der Waals surface area contributed by atoms with Gasteiger partial charge in [-0.25, -0.2) is 4.98 Å². The van der Waals surface area contributed by atoms with Crippen LogP contribution in [-0.2, 0) is 12.7 Å². The molecule has 0 spiro atoms. The first-order valence-corrected chi connectivity index (χ1v) is 9.28. The van der Waals surface area contributed by atoms with E-state index in [9.17, 15) is 18.3 Å². The molecule has 0 aliphatic heterocycles. The van der Waals surface area contributed by atoms with Gasteiger partial charge in [0.05, 0.1) is 42.1 Å². The van der Waals surface area contributed by atoms with E-state index in [0.29, 0.717) is 30.2 Å². The lowest BCUT2D eigenvalue weighted by molar-refractivity contribution is -0.137. The summed E-state index contributed by atoms with van der Waals surface area (Å²) in [6.07, 6.45) is -1.77. The van der Waals surface area contributed by atoms with Crippen LogP contribution in [0.1, 0.15) is 23.4 Å². The summed E-state index contributed by atoms with van der Waals surface area (Å²) in [4.78, 5) is 8.70. The lowest BCUT2D eigenvalue weighted by atomic mass is 10.1. The molecule has 1 atom stereocenters. The van der Waals surface area contributed by atoms with Crippen molar-refractivity contribution in [3.63, 3.8) is 0 Å². The largest absolute Gasteiger partial charge is 0.416 e. The molecule has 30 heavy (non-hydrogen) atoms. The molecule has 0 aliphatic carbocycles. The standard InChI is InChI=1S/C20H22F3N5O2/c1-12-19(13(2)28(27-12)8-7-16(30)11-29)17-9-24-10-18(26-17)25-15-5-3-14(4-6-15)20(21,22)23/h3-6,9-10,16,29-30H,7-8,11H2,1-2H3,(H,25,26)/t16-/m0/s1. The Bertz CT molecular complexity index is 1000. The third-order valence-electron chi connectivity index (χ3n) is 4.64. The number of benzene rings is 1. The molecule has 0 saturated heterocycles. The molecular formula is C20H22F3N5O2. The molecule has 0 fully saturated rings. The fourth-order valence-corrected chi connectivity index (χ4v) is 3.08. The molecule has 0 saturated carbocycles. The first kappa shape index (κ1) is 21.7. The van der Waals surface area contributed by atoms with E-state index in [1.54, 1.807) is 10.9 Å². The van der Waals surface area contributed by atoms with Crippen molar-refractivity contribution in [2.45, 2.75) is 39.1 Å². The topological polar surface area (TPSA) is 96.1 Å². The van der Waals surface area contributed by atoms with Crippen LogP contribution >= 0.6 is 0 Å². The molecule has 0 aliphatic rings. The van der Waals surface area contributed by atoms with Crippen molar-refractivity contribution in [3.8, 4) is 11.3 Å². The average Bonchev–Trinajstić information content (AvgIpc) is 2.99. The number of aliphatic hydroxyl groups is 2. The van der Waals surface area contributed by atoms with Crippen LogP contribution in [0.5, 0.6) is 0 Å². The number of alkyl halides is 3. The first-order valence-electron chi connectivity index (χ1n) is 9.28. The molecule has 2 aromatic heterocycles. The zero-order chi connectivity index (χ0) is 21.9. The summed E-state index contributed by atoms with van der Waals surface area (Å²) in [5.74, 6) is 0.384. The Morgan fingerprint density at radius 1 is 1.13 bits per heavy atom. The monoisotopic (exact) mass is 421 g/mol. The fraction of sp³-hybridized carbons (Fsp3) is 0.350. The average molecular weight is 421 g/mol. The summed E-state index contributed by atoms with van der Waals surface area (Å²) >= 11 is 0. The normalized spacial score (nSPS) is 12.8. The van der Waals surface area contributed by atoms with Crippen LogP contribution in [0.25, 0.3) is 11.3 Å². The molecule has 0 bridgehead atoms. The maximum Gasteiger partial charge on any atom is 0.416 e. The van der Waals surface area contributed by atoms with Crippen molar-refractivity contribution in [1.29, 1.82) is 0 Å². The second-order valence-corrected chi connectivity index (χ2v) is 6.88. The van der Waals surface area contributed by atoms with Crippen LogP contribution in [0.15, 0.2) is 36.7 Å². The summed E-state index contributed by atoms with van der Waals surface area (Å²) in [5.41, 5.74) is 2.65. The summed E-state index contributed by atoms with van der Waals surface area (Å²) < 4.78 is 39.9. The molecule has 0 amide bonds. The van der Waals surface area contributed by atoms with Crippen LogP contribution < -0.4 is 5.32 Å².